The molecule has 3 aromatic rings. The summed E-state index contributed by atoms with van der Waals surface area (Å²) in [5.74, 6) is 1.06. The standard InChI is InChI=1S/C24H25N3O3S/c1-17(19-8-4-3-5-9-19)25-24(31)27-26-23(28)20-14-12-18(13-15-20)16-30-22-11-7-6-10-21(22)29-2/h3-15,17H,16H2,1-2H3,(H,26,28)(H2,25,27,31). The van der Waals surface area contributed by atoms with Crippen molar-refractivity contribution < 1.29 is 14.3 Å². The minimum Gasteiger partial charge on any atom is -0.493 e. The van der Waals surface area contributed by atoms with Crippen LogP contribution < -0.4 is 25.6 Å². The van der Waals surface area contributed by atoms with E-state index >= 15 is 0 Å². The Hall–Kier alpha value is -3.58. The molecule has 0 aromatic heterocycles. The van der Waals surface area contributed by atoms with Gasteiger partial charge in [-0.3, -0.25) is 15.6 Å². The summed E-state index contributed by atoms with van der Waals surface area (Å²) < 4.78 is 11.1. The molecule has 0 spiro atoms. The summed E-state index contributed by atoms with van der Waals surface area (Å²) in [6.45, 7) is 2.36. The van der Waals surface area contributed by atoms with Gasteiger partial charge in [0.05, 0.1) is 13.2 Å². The average Bonchev–Trinajstić information content (AvgIpc) is 2.82. The van der Waals surface area contributed by atoms with Gasteiger partial charge in [0, 0.05) is 5.56 Å². The van der Waals surface area contributed by atoms with Gasteiger partial charge in [-0.15, -0.1) is 0 Å². The summed E-state index contributed by atoms with van der Waals surface area (Å²) in [4.78, 5) is 12.4. The minimum absolute atomic E-state index is 0.0145. The highest BCUT2D eigenvalue weighted by Gasteiger charge is 2.09. The molecule has 0 aliphatic heterocycles. The molecule has 3 N–H and O–H groups in total. The largest absolute Gasteiger partial charge is 0.493 e. The van der Waals surface area contributed by atoms with E-state index < -0.39 is 0 Å². The molecule has 0 bridgehead atoms. The molecule has 7 heteroatoms. The Bertz CT molecular complexity index is 1010. The van der Waals surface area contributed by atoms with Gasteiger partial charge in [0.1, 0.15) is 6.61 Å². The van der Waals surface area contributed by atoms with Gasteiger partial charge >= 0.3 is 0 Å². The van der Waals surface area contributed by atoms with Crippen LogP contribution in [-0.4, -0.2) is 18.1 Å². The van der Waals surface area contributed by atoms with Crippen LogP contribution in [0.5, 0.6) is 11.5 Å². The lowest BCUT2D eigenvalue weighted by Crippen LogP contribution is -2.47. The SMILES string of the molecule is COc1ccccc1OCc1ccc(C(=O)NNC(=S)NC(C)c2ccccc2)cc1. The van der Waals surface area contributed by atoms with Crippen molar-refractivity contribution in [1.29, 1.82) is 0 Å². The predicted molar refractivity (Wildman–Crippen MR) is 125 cm³/mol. The van der Waals surface area contributed by atoms with Crippen LogP contribution in [0.1, 0.15) is 34.5 Å². The number of thiocarbonyl (C=S) groups is 1. The van der Waals surface area contributed by atoms with E-state index in [-0.39, 0.29) is 11.9 Å². The monoisotopic (exact) mass is 435 g/mol. The number of ether oxygens (including phenoxy) is 2. The van der Waals surface area contributed by atoms with Gasteiger partial charge in [-0.05, 0) is 54.5 Å². The first-order valence-corrected chi connectivity index (χ1v) is 10.2. The van der Waals surface area contributed by atoms with Crippen LogP contribution in [0.25, 0.3) is 0 Å². The zero-order valence-corrected chi connectivity index (χ0v) is 18.2. The van der Waals surface area contributed by atoms with E-state index in [0.717, 1.165) is 11.1 Å². The molecule has 31 heavy (non-hydrogen) atoms. The number of hydrazine groups is 1. The highest BCUT2D eigenvalue weighted by Crippen LogP contribution is 2.26. The summed E-state index contributed by atoms with van der Waals surface area (Å²) in [5.41, 5.74) is 7.89. The third-order valence-electron chi connectivity index (χ3n) is 4.62. The molecular weight excluding hydrogens is 410 g/mol. The van der Waals surface area contributed by atoms with Gasteiger partial charge in [0.25, 0.3) is 5.91 Å². The summed E-state index contributed by atoms with van der Waals surface area (Å²) in [5, 5.41) is 3.47. The Morgan fingerprint density at radius 3 is 2.23 bits per heavy atom. The summed E-state index contributed by atoms with van der Waals surface area (Å²) in [7, 11) is 1.60. The predicted octanol–water partition coefficient (Wildman–Crippen LogP) is 4.14. The molecule has 0 saturated carbocycles. The van der Waals surface area contributed by atoms with Crippen molar-refractivity contribution in [3.05, 3.63) is 95.6 Å². The summed E-state index contributed by atoms with van der Waals surface area (Å²) >= 11 is 5.26. The number of para-hydroxylation sites is 2. The van der Waals surface area contributed by atoms with Crippen molar-refractivity contribution in [2.45, 2.75) is 19.6 Å². The Labute approximate surface area is 187 Å². The summed E-state index contributed by atoms with van der Waals surface area (Å²) in [6.07, 6.45) is 0. The molecule has 1 amide bonds. The number of carbonyl (C=O) groups excluding carboxylic acids is 1. The Balaban J connectivity index is 1.47. The molecule has 3 rings (SSSR count). The van der Waals surface area contributed by atoms with Gasteiger partial charge in [0.2, 0.25) is 0 Å². The van der Waals surface area contributed by atoms with E-state index in [2.05, 4.69) is 16.2 Å². The molecule has 0 heterocycles. The maximum absolute atomic E-state index is 12.4. The van der Waals surface area contributed by atoms with Crippen LogP contribution in [0.2, 0.25) is 0 Å². The smallest absolute Gasteiger partial charge is 0.269 e. The molecule has 1 atom stereocenters. The third kappa shape index (κ3) is 6.45. The minimum atomic E-state index is -0.284. The first kappa shape index (κ1) is 22.1. The van der Waals surface area contributed by atoms with Crippen molar-refractivity contribution in [2.24, 2.45) is 0 Å². The van der Waals surface area contributed by atoms with Crippen LogP contribution in [-0.2, 0) is 6.61 Å². The maximum Gasteiger partial charge on any atom is 0.269 e. The van der Waals surface area contributed by atoms with E-state index in [4.69, 9.17) is 21.7 Å². The lowest BCUT2D eigenvalue weighted by Gasteiger charge is -2.17. The number of rotatable bonds is 7. The average molecular weight is 436 g/mol. The first-order valence-electron chi connectivity index (χ1n) is 9.83. The summed E-state index contributed by atoms with van der Waals surface area (Å²) in [6, 6.07) is 24.6. The number of benzene rings is 3. The van der Waals surface area contributed by atoms with E-state index in [1.807, 2.05) is 73.7 Å². The van der Waals surface area contributed by atoms with E-state index in [9.17, 15) is 4.79 Å². The van der Waals surface area contributed by atoms with Gasteiger partial charge in [-0.1, -0.05) is 54.6 Å². The number of hydrogen-bond donors (Lipinski definition) is 3. The molecule has 0 saturated heterocycles. The van der Waals surface area contributed by atoms with Gasteiger partial charge in [0.15, 0.2) is 16.6 Å². The zero-order valence-electron chi connectivity index (χ0n) is 17.4. The number of carbonyl (C=O) groups is 1. The van der Waals surface area contributed by atoms with Crippen LogP contribution in [0.4, 0.5) is 0 Å². The topological polar surface area (TPSA) is 71.6 Å². The van der Waals surface area contributed by atoms with Crippen LogP contribution in [0.3, 0.4) is 0 Å². The van der Waals surface area contributed by atoms with Gasteiger partial charge < -0.3 is 14.8 Å². The zero-order chi connectivity index (χ0) is 22.1. The van der Waals surface area contributed by atoms with E-state index in [0.29, 0.717) is 28.8 Å². The molecule has 0 fully saturated rings. The molecular formula is C24H25N3O3S. The maximum atomic E-state index is 12.4. The molecule has 160 valence electrons. The second kappa shape index (κ2) is 11.0. The van der Waals surface area contributed by atoms with E-state index in [1.165, 1.54) is 0 Å². The van der Waals surface area contributed by atoms with Gasteiger partial charge in [-0.25, -0.2) is 0 Å². The lowest BCUT2D eigenvalue weighted by atomic mass is 10.1. The highest BCUT2D eigenvalue weighted by atomic mass is 32.1. The molecule has 0 radical (unpaired) electrons. The molecule has 0 aliphatic rings. The van der Waals surface area contributed by atoms with Crippen molar-refractivity contribution in [3.8, 4) is 11.5 Å². The fourth-order valence-electron chi connectivity index (χ4n) is 2.89. The van der Waals surface area contributed by atoms with Crippen LogP contribution in [0.15, 0.2) is 78.9 Å². The number of methoxy groups -OCH3 is 1. The fraction of sp³-hybridized carbons (Fsp3) is 0.167. The number of nitrogens with one attached hydrogen (secondary N) is 3. The van der Waals surface area contributed by atoms with E-state index in [1.54, 1.807) is 19.2 Å². The Morgan fingerprint density at radius 1 is 0.903 bits per heavy atom. The highest BCUT2D eigenvalue weighted by molar-refractivity contribution is 7.80. The molecule has 3 aromatic carbocycles. The Kier molecular flexibility index (Phi) is 7.84. The van der Waals surface area contributed by atoms with Gasteiger partial charge in [-0.2, -0.15) is 0 Å². The lowest BCUT2D eigenvalue weighted by molar-refractivity contribution is 0.0943. The fourth-order valence-corrected chi connectivity index (χ4v) is 3.12. The second-order valence-electron chi connectivity index (χ2n) is 6.82. The molecule has 0 aliphatic carbocycles. The third-order valence-corrected chi connectivity index (χ3v) is 4.84. The van der Waals surface area contributed by atoms with Crippen molar-refractivity contribution in [2.75, 3.05) is 7.11 Å². The van der Waals surface area contributed by atoms with Crippen molar-refractivity contribution >= 4 is 23.2 Å². The normalized spacial score (nSPS) is 11.2. The second-order valence-corrected chi connectivity index (χ2v) is 7.23. The molecule has 1 unspecified atom stereocenters. The van der Waals surface area contributed by atoms with Crippen LogP contribution >= 0.6 is 12.2 Å². The molecule has 6 nitrogen and oxygen atoms in total. The Morgan fingerprint density at radius 2 is 1.55 bits per heavy atom. The number of hydrogen-bond acceptors (Lipinski definition) is 4. The van der Waals surface area contributed by atoms with Crippen molar-refractivity contribution in [3.63, 3.8) is 0 Å². The van der Waals surface area contributed by atoms with Crippen molar-refractivity contribution in [1.82, 2.24) is 16.2 Å². The first-order chi connectivity index (χ1) is 15.1. The quantitative estimate of drug-likeness (QED) is 0.383. The number of amides is 1. The van der Waals surface area contributed by atoms with Crippen LogP contribution in [0, 0.1) is 0 Å².